The van der Waals surface area contributed by atoms with Crippen LogP contribution in [0.2, 0.25) is 0 Å². The second-order valence-corrected chi connectivity index (χ2v) is 4.70. The van der Waals surface area contributed by atoms with Crippen LogP contribution in [0.1, 0.15) is 21.9 Å². The molecule has 3 rings (SSSR count). The largest absolute Gasteiger partial charge is 0.465 e. The van der Waals surface area contributed by atoms with Gasteiger partial charge in [-0.2, -0.15) is 0 Å². The molecule has 0 aliphatic rings. The van der Waals surface area contributed by atoms with E-state index in [1.165, 1.54) is 7.11 Å². The number of H-pyrrole nitrogens is 1. The van der Waals surface area contributed by atoms with E-state index in [2.05, 4.69) is 4.98 Å². The molecule has 1 N–H and O–H groups in total. The average Bonchev–Trinajstić information content (AvgIpc) is 2.98. The molecule has 4 nitrogen and oxygen atoms in total. The number of aromatic amines is 1. The lowest BCUT2D eigenvalue weighted by Gasteiger charge is -2.02. The van der Waals surface area contributed by atoms with E-state index in [4.69, 9.17) is 9.15 Å². The Kier molecular flexibility index (Phi) is 2.86. The van der Waals surface area contributed by atoms with Gasteiger partial charge in [0.25, 0.3) is 0 Å². The lowest BCUT2D eigenvalue weighted by molar-refractivity contribution is 0.0599. The maximum Gasteiger partial charge on any atom is 0.342 e. The molecule has 0 unspecified atom stereocenters. The number of esters is 1. The summed E-state index contributed by atoms with van der Waals surface area (Å²) < 4.78 is 10.5. The van der Waals surface area contributed by atoms with Gasteiger partial charge in [0.15, 0.2) is 0 Å². The lowest BCUT2D eigenvalue weighted by atomic mass is 10.00. The molecule has 1 aromatic carbocycles. The average molecular weight is 269 g/mol. The third-order valence-corrected chi connectivity index (χ3v) is 3.51. The molecule has 0 radical (unpaired) electrons. The first-order valence-electron chi connectivity index (χ1n) is 6.38. The summed E-state index contributed by atoms with van der Waals surface area (Å²) in [7, 11) is 1.38. The molecule has 2 heterocycles. The first kappa shape index (κ1) is 12.5. The van der Waals surface area contributed by atoms with Gasteiger partial charge in [0.1, 0.15) is 17.1 Å². The van der Waals surface area contributed by atoms with E-state index in [1.807, 2.05) is 37.4 Å². The Morgan fingerprint density at radius 3 is 2.70 bits per heavy atom. The van der Waals surface area contributed by atoms with Gasteiger partial charge >= 0.3 is 5.97 Å². The Morgan fingerprint density at radius 1 is 1.20 bits per heavy atom. The highest BCUT2D eigenvalue weighted by molar-refractivity contribution is 6.05. The molecule has 4 heteroatoms. The summed E-state index contributed by atoms with van der Waals surface area (Å²) in [6, 6.07) is 7.96. The Morgan fingerprint density at radius 2 is 1.95 bits per heavy atom. The van der Waals surface area contributed by atoms with Crippen LogP contribution in [0.15, 0.2) is 34.9 Å². The van der Waals surface area contributed by atoms with Crippen molar-refractivity contribution < 1.29 is 13.9 Å². The van der Waals surface area contributed by atoms with Crippen LogP contribution in [0, 0.1) is 13.8 Å². The molecule has 0 saturated heterocycles. The van der Waals surface area contributed by atoms with Crippen molar-refractivity contribution in [2.24, 2.45) is 0 Å². The number of hydrogen-bond donors (Lipinski definition) is 1. The predicted molar refractivity (Wildman–Crippen MR) is 76.8 cm³/mol. The molecule has 0 spiro atoms. The number of carbonyl (C=O) groups excluding carboxylic acids is 1. The van der Waals surface area contributed by atoms with Gasteiger partial charge in [0.05, 0.1) is 7.11 Å². The number of hydrogen-bond acceptors (Lipinski definition) is 3. The van der Waals surface area contributed by atoms with Crippen molar-refractivity contribution in [3.8, 4) is 11.1 Å². The van der Waals surface area contributed by atoms with Gasteiger partial charge < -0.3 is 14.1 Å². The molecule has 0 saturated carbocycles. The minimum atomic E-state index is -0.375. The van der Waals surface area contributed by atoms with Crippen LogP contribution < -0.4 is 0 Å². The van der Waals surface area contributed by atoms with Crippen LogP contribution in [0.5, 0.6) is 0 Å². The summed E-state index contributed by atoms with van der Waals surface area (Å²) in [5.41, 5.74) is 3.27. The van der Waals surface area contributed by atoms with Crippen LogP contribution in [-0.4, -0.2) is 18.1 Å². The quantitative estimate of drug-likeness (QED) is 0.719. The highest BCUT2D eigenvalue weighted by Gasteiger charge is 2.24. The first-order chi connectivity index (χ1) is 9.63. The van der Waals surface area contributed by atoms with Crippen molar-refractivity contribution in [2.75, 3.05) is 7.11 Å². The minimum Gasteiger partial charge on any atom is -0.465 e. The monoisotopic (exact) mass is 269 g/mol. The number of furan rings is 1. The lowest BCUT2D eigenvalue weighted by Crippen LogP contribution is -2.03. The molecule has 0 bridgehead atoms. The zero-order valence-corrected chi connectivity index (χ0v) is 11.6. The normalized spacial score (nSPS) is 10.9. The van der Waals surface area contributed by atoms with E-state index in [0.717, 1.165) is 22.0 Å². The molecule has 0 fully saturated rings. The van der Waals surface area contributed by atoms with Crippen LogP contribution in [0.4, 0.5) is 0 Å². The summed E-state index contributed by atoms with van der Waals surface area (Å²) in [5.74, 6) is 0.918. The molecular weight excluding hydrogens is 254 g/mol. The fourth-order valence-corrected chi connectivity index (χ4v) is 2.63. The molecule has 3 aromatic rings. The first-order valence-corrected chi connectivity index (χ1v) is 6.38. The van der Waals surface area contributed by atoms with E-state index in [-0.39, 0.29) is 5.97 Å². The summed E-state index contributed by atoms with van der Waals surface area (Å²) in [5, 5.41) is 1.06. The standard InChI is InChI=1S/C16H15NO3/c1-9-14(15(10(2)20-9)16(18)19-3)12-8-17-13-7-5-4-6-11(12)13/h4-8,17H,1-3H3. The SMILES string of the molecule is COC(=O)c1c(C)oc(C)c1-c1c[nH]c2ccccc12. The topological polar surface area (TPSA) is 55.2 Å². The molecule has 0 aliphatic carbocycles. The van der Waals surface area contributed by atoms with E-state index in [0.29, 0.717) is 17.1 Å². The number of carbonyl (C=O) groups is 1. The van der Waals surface area contributed by atoms with E-state index >= 15 is 0 Å². The zero-order chi connectivity index (χ0) is 14.3. The second kappa shape index (κ2) is 4.56. The fraction of sp³-hybridized carbons (Fsp3) is 0.188. The number of methoxy groups -OCH3 is 1. The van der Waals surface area contributed by atoms with Crippen LogP contribution >= 0.6 is 0 Å². The van der Waals surface area contributed by atoms with Crippen LogP contribution in [-0.2, 0) is 4.74 Å². The van der Waals surface area contributed by atoms with Crippen molar-refractivity contribution in [3.05, 3.63) is 47.5 Å². The van der Waals surface area contributed by atoms with Crippen molar-refractivity contribution in [1.29, 1.82) is 0 Å². The van der Waals surface area contributed by atoms with Crippen LogP contribution in [0.25, 0.3) is 22.0 Å². The van der Waals surface area contributed by atoms with Gasteiger partial charge in [-0.25, -0.2) is 4.79 Å². The second-order valence-electron chi connectivity index (χ2n) is 4.70. The Hall–Kier alpha value is -2.49. The van der Waals surface area contributed by atoms with Crippen LogP contribution in [0.3, 0.4) is 0 Å². The van der Waals surface area contributed by atoms with E-state index in [9.17, 15) is 4.79 Å². The number of benzene rings is 1. The maximum atomic E-state index is 12.0. The minimum absolute atomic E-state index is 0.375. The number of aromatic nitrogens is 1. The fourth-order valence-electron chi connectivity index (χ4n) is 2.63. The summed E-state index contributed by atoms with van der Waals surface area (Å²) in [4.78, 5) is 15.2. The Balaban J connectivity index is 2.32. The zero-order valence-electron chi connectivity index (χ0n) is 11.6. The number of ether oxygens (including phenoxy) is 1. The Labute approximate surface area is 116 Å². The molecule has 2 aromatic heterocycles. The van der Waals surface area contributed by atoms with Crippen molar-refractivity contribution in [1.82, 2.24) is 4.98 Å². The highest BCUT2D eigenvalue weighted by atomic mass is 16.5. The van der Waals surface area contributed by atoms with E-state index in [1.54, 1.807) is 6.92 Å². The van der Waals surface area contributed by atoms with Crippen molar-refractivity contribution in [2.45, 2.75) is 13.8 Å². The van der Waals surface area contributed by atoms with Gasteiger partial charge in [0, 0.05) is 28.2 Å². The summed E-state index contributed by atoms with van der Waals surface area (Å²) in [6.45, 7) is 3.63. The molecule has 102 valence electrons. The molecule has 0 amide bonds. The molecular formula is C16H15NO3. The predicted octanol–water partition coefficient (Wildman–Crippen LogP) is 3.83. The maximum absolute atomic E-state index is 12.0. The molecule has 0 aliphatic heterocycles. The number of rotatable bonds is 2. The third-order valence-electron chi connectivity index (χ3n) is 3.51. The van der Waals surface area contributed by atoms with Gasteiger partial charge in [-0.3, -0.25) is 0 Å². The van der Waals surface area contributed by atoms with Crippen molar-refractivity contribution in [3.63, 3.8) is 0 Å². The van der Waals surface area contributed by atoms with Gasteiger partial charge in [-0.05, 0) is 19.9 Å². The summed E-state index contributed by atoms with van der Waals surface area (Å²) >= 11 is 0. The number of fused-ring (bicyclic) bond motifs is 1. The number of aryl methyl sites for hydroxylation is 2. The number of nitrogens with one attached hydrogen (secondary N) is 1. The molecule has 20 heavy (non-hydrogen) atoms. The van der Waals surface area contributed by atoms with Gasteiger partial charge in [-0.15, -0.1) is 0 Å². The summed E-state index contributed by atoms with van der Waals surface area (Å²) in [6.07, 6.45) is 1.90. The third kappa shape index (κ3) is 1.72. The van der Waals surface area contributed by atoms with Gasteiger partial charge in [0.2, 0.25) is 0 Å². The highest BCUT2D eigenvalue weighted by Crippen LogP contribution is 2.36. The van der Waals surface area contributed by atoms with Gasteiger partial charge in [-0.1, -0.05) is 18.2 Å². The Bertz CT molecular complexity index is 795. The van der Waals surface area contributed by atoms with Crippen molar-refractivity contribution >= 4 is 16.9 Å². The smallest absolute Gasteiger partial charge is 0.342 e. The molecule has 0 atom stereocenters. The number of para-hydroxylation sites is 1. The van der Waals surface area contributed by atoms with E-state index < -0.39 is 0 Å².